The normalized spacial score (nSPS) is 11.5. The Balaban J connectivity index is 2.01. The number of hydrogen-bond acceptors (Lipinski definition) is 0. The van der Waals surface area contributed by atoms with Crippen molar-refractivity contribution in [1.82, 2.24) is 4.98 Å². The van der Waals surface area contributed by atoms with E-state index in [1.165, 1.54) is 0 Å². The van der Waals surface area contributed by atoms with Crippen molar-refractivity contribution in [3.05, 3.63) is 65.1 Å². The number of nitrogens with one attached hydrogen (secondary N) is 1. The maximum absolute atomic E-state index is 6.25. The zero-order valence-electron chi connectivity index (χ0n) is 10.6. The molecule has 0 aliphatic carbocycles. The summed E-state index contributed by atoms with van der Waals surface area (Å²) in [6, 6.07) is 12.3. The van der Waals surface area contributed by atoms with Gasteiger partial charge in [-0.2, -0.15) is 0 Å². The van der Waals surface area contributed by atoms with Crippen LogP contribution in [0.4, 0.5) is 0 Å². The highest BCUT2D eigenvalue weighted by atomic mass is 35.5. The molecule has 0 aliphatic heterocycles. The fourth-order valence-electron chi connectivity index (χ4n) is 2.10. The van der Waals surface area contributed by atoms with E-state index in [9.17, 15) is 0 Å². The van der Waals surface area contributed by atoms with Crippen LogP contribution in [0.3, 0.4) is 0 Å². The number of pyridine rings is 1. The van der Waals surface area contributed by atoms with Crippen molar-refractivity contribution in [2.24, 2.45) is 7.05 Å². The molecule has 19 heavy (non-hydrogen) atoms. The number of H-pyrrole nitrogens is 1. The summed E-state index contributed by atoms with van der Waals surface area (Å²) >= 11 is 6.25. The van der Waals surface area contributed by atoms with Crippen LogP contribution in [0.25, 0.3) is 23.1 Å². The molecule has 0 fully saturated rings. The van der Waals surface area contributed by atoms with E-state index in [1.54, 1.807) is 0 Å². The summed E-state index contributed by atoms with van der Waals surface area (Å²) in [5.41, 5.74) is 3.25. The smallest absolute Gasteiger partial charge is 0.169 e. The molecule has 0 saturated heterocycles. The molecular weight excluding hydrogens is 256 g/mol. The van der Waals surface area contributed by atoms with E-state index < -0.39 is 0 Å². The van der Waals surface area contributed by atoms with Gasteiger partial charge in [0.1, 0.15) is 12.2 Å². The first-order valence-electron chi connectivity index (χ1n) is 6.13. The van der Waals surface area contributed by atoms with Gasteiger partial charge in [-0.25, -0.2) is 4.57 Å². The second-order valence-electron chi connectivity index (χ2n) is 4.53. The quantitative estimate of drug-likeness (QED) is 0.683. The van der Waals surface area contributed by atoms with Crippen molar-refractivity contribution in [3.8, 4) is 0 Å². The minimum absolute atomic E-state index is 0.680. The number of nitrogens with zero attached hydrogens (tertiary/aromatic N) is 1. The van der Waals surface area contributed by atoms with Crippen LogP contribution >= 0.6 is 11.6 Å². The molecule has 0 saturated carbocycles. The molecule has 0 aliphatic rings. The largest absolute Gasteiger partial charge is 0.345 e. The van der Waals surface area contributed by atoms with Crippen LogP contribution in [0.5, 0.6) is 0 Å². The van der Waals surface area contributed by atoms with Crippen LogP contribution in [-0.4, -0.2) is 4.98 Å². The Kier molecular flexibility index (Phi) is 3.10. The Labute approximate surface area is 117 Å². The third kappa shape index (κ3) is 2.40. The molecule has 3 aromatic rings. The van der Waals surface area contributed by atoms with Gasteiger partial charge in [0.25, 0.3) is 0 Å². The van der Waals surface area contributed by atoms with Crippen LogP contribution in [0.15, 0.2) is 48.8 Å². The first-order valence-corrected chi connectivity index (χ1v) is 6.51. The van der Waals surface area contributed by atoms with Crippen LogP contribution in [0, 0.1) is 0 Å². The van der Waals surface area contributed by atoms with Gasteiger partial charge in [0.15, 0.2) is 12.4 Å². The lowest BCUT2D eigenvalue weighted by Crippen LogP contribution is -2.25. The standard InChI is InChI=1S/C16H13ClN2/c1-19-10-8-12(9-11-19)6-7-14-13-4-2-3-5-15(13)18-16(14)17/h2-11H,1H3/p+1. The summed E-state index contributed by atoms with van der Waals surface area (Å²) in [6.45, 7) is 0. The lowest BCUT2D eigenvalue weighted by Gasteiger charge is -1.93. The fraction of sp³-hybridized carbons (Fsp3) is 0.0625. The van der Waals surface area contributed by atoms with Crippen LogP contribution in [0.1, 0.15) is 11.1 Å². The Bertz CT molecular complexity index is 739. The molecule has 3 heteroatoms. The van der Waals surface area contributed by atoms with Crippen molar-refractivity contribution in [1.29, 1.82) is 0 Å². The Morgan fingerprint density at radius 1 is 1.05 bits per heavy atom. The summed E-state index contributed by atoms with van der Waals surface area (Å²) in [5, 5.41) is 1.82. The van der Waals surface area contributed by atoms with Crippen LogP contribution in [0.2, 0.25) is 5.15 Å². The van der Waals surface area contributed by atoms with Gasteiger partial charge in [-0.1, -0.05) is 42.0 Å². The third-order valence-corrected chi connectivity index (χ3v) is 3.44. The average Bonchev–Trinajstić information content (AvgIpc) is 2.74. The summed E-state index contributed by atoms with van der Waals surface area (Å²) in [6.07, 6.45) is 8.17. The molecule has 0 spiro atoms. The molecule has 0 unspecified atom stereocenters. The predicted octanol–water partition coefficient (Wildman–Crippen LogP) is 3.82. The fourth-order valence-corrected chi connectivity index (χ4v) is 2.36. The van der Waals surface area contributed by atoms with Gasteiger partial charge in [-0.05, 0) is 11.6 Å². The van der Waals surface area contributed by atoms with Crippen molar-refractivity contribution in [3.63, 3.8) is 0 Å². The van der Waals surface area contributed by atoms with E-state index in [0.717, 1.165) is 22.0 Å². The number of aryl methyl sites for hydroxylation is 1. The highest BCUT2D eigenvalue weighted by Crippen LogP contribution is 2.27. The lowest BCUT2D eigenvalue weighted by atomic mass is 10.1. The summed E-state index contributed by atoms with van der Waals surface area (Å²) in [4.78, 5) is 3.18. The predicted molar refractivity (Wildman–Crippen MR) is 79.9 cm³/mol. The topological polar surface area (TPSA) is 19.7 Å². The minimum Gasteiger partial charge on any atom is -0.345 e. The highest BCUT2D eigenvalue weighted by molar-refractivity contribution is 6.32. The molecule has 2 heterocycles. The van der Waals surface area contributed by atoms with Crippen molar-refractivity contribution in [2.45, 2.75) is 0 Å². The third-order valence-electron chi connectivity index (χ3n) is 3.14. The Morgan fingerprint density at radius 3 is 2.58 bits per heavy atom. The first kappa shape index (κ1) is 12.0. The number of aromatic nitrogens is 2. The Hall–Kier alpha value is -2.06. The van der Waals surface area contributed by atoms with E-state index in [-0.39, 0.29) is 0 Å². The maximum Gasteiger partial charge on any atom is 0.169 e. The number of rotatable bonds is 2. The van der Waals surface area contributed by atoms with E-state index in [2.05, 4.69) is 35.3 Å². The minimum atomic E-state index is 0.680. The molecule has 2 nitrogen and oxygen atoms in total. The average molecular weight is 270 g/mol. The van der Waals surface area contributed by atoms with Gasteiger partial charge in [0.05, 0.1) is 0 Å². The molecule has 1 aromatic carbocycles. The number of para-hydroxylation sites is 1. The van der Waals surface area contributed by atoms with Gasteiger partial charge in [0.2, 0.25) is 0 Å². The number of aromatic amines is 1. The lowest BCUT2D eigenvalue weighted by molar-refractivity contribution is -0.671. The number of benzene rings is 1. The van der Waals surface area contributed by atoms with Gasteiger partial charge >= 0.3 is 0 Å². The van der Waals surface area contributed by atoms with Gasteiger partial charge in [-0.3, -0.25) is 0 Å². The molecule has 0 radical (unpaired) electrons. The molecule has 3 rings (SSSR count). The summed E-state index contributed by atoms with van der Waals surface area (Å²) < 4.78 is 2.01. The van der Waals surface area contributed by atoms with E-state index >= 15 is 0 Å². The number of hydrogen-bond donors (Lipinski definition) is 1. The summed E-state index contributed by atoms with van der Waals surface area (Å²) in [7, 11) is 2.00. The maximum atomic E-state index is 6.25. The van der Waals surface area contributed by atoms with Crippen molar-refractivity contribution >= 4 is 34.7 Å². The van der Waals surface area contributed by atoms with Gasteiger partial charge in [-0.15, -0.1) is 0 Å². The van der Waals surface area contributed by atoms with Gasteiger partial charge < -0.3 is 4.98 Å². The number of fused-ring (bicyclic) bond motifs is 1. The van der Waals surface area contributed by atoms with E-state index in [1.807, 2.05) is 42.2 Å². The van der Waals surface area contributed by atoms with E-state index in [0.29, 0.717) is 5.15 Å². The van der Waals surface area contributed by atoms with Gasteiger partial charge in [0, 0.05) is 28.6 Å². The number of halogens is 1. The monoisotopic (exact) mass is 269 g/mol. The van der Waals surface area contributed by atoms with Crippen LogP contribution < -0.4 is 4.57 Å². The zero-order chi connectivity index (χ0) is 13.2. The molecular formula is C16H14ClN2+. The molecule has 0 amide bonds. The van der Waals surface area contributed by atoms with Crippen molar-refractivity contribution < 1.29 is 4.57 Å². The van der Waals surface area contributed by atoms with E-state index in [4.69, 9.17) is 11.6 Å². The first-order chi connectivity index (χ1) is 9.24. The second-order valence-corrected chi connectivity index (χ2v) is 4.91. The molecule has 94 valence electrons. The SMILES string of the molecule is C[n+]1ccc(/C=C/c2c(Cl)[nH]c3ccccc23)cc1. The summed E-state index contributed by atoms with van der Waals surface area (Å²) in [5.74, 6) is 0. The molecule has 2 aromatic heterocycles. The molecule has 0 bridgehead atoms. The second kappa shape index (κ2) is 4.90. The van der Waals surface area contributed by atoms with Crippen LogP contribution in [-0.2, 0) is 7.05 Å². The zero-order valence-corrected chi connectivity index (χ0v) is 11.4. The Morgan fingerprint density at radius 2 is 1.79 bits per heavy atom. The molecule has 0 atom stereocenters. The molecule has 1 N–H and O–H groups in total. The van der Waals surface area contributed by atoms with Crippen molar-refractivity contribution in [2.75, 3.05) is 0 Å². The highest BCUT2D eigenvalue weighted by Gasteiger charge is 2.05.